The standard InChI is InChI=1S/C21H24N4O2S/c1-21(2,3)14-9-11-15(12-10-14)28-13-18(26)22-20-23-19(24-25-20)16-7-5-6-8-17(16)27-4/h5-12H,13H2,1-4H3,(H2,22,23,24,25,26). The molecule has 0 atom stereocenters. The highest BCUT2D eigenvalue weighted by atomic mass is 32.2. The summed E-state index contributed by atoms with van der Waals surface area (Å²) in [6.45, 7) is 6.54. The summed E-state index contributed by atoms with van der Waals surface area (Å²) in [5, 5.41) is 9.62. The summed E-state index contributed by atoms with van der Waals surface area (Å²) in [4.78, 5) is 17.6. The van der Waals surface area contributed by atoms with Crippen molar-refractivity contribution in [3.8, 4) is 17.1 Å². The third kappa shape index (κ3) is 4.92. The van der Waals surface area contributed by atoms with Gasteiger partial charge in [-0.1, -0.05) is 45.0 Å². The molecule has 2 N–H and O–H groups in total. The number of aromatic nitrogens is 3. The van der Waals surface area contributed by atoms with E-state index < -0.39 is 0 Å². The average molecular weight is 397 g/mol. The van der Waals surface area contributed by atoms with Gasteiger partial charge in [0.25, 0.3) is 0 Å². The van der Waals surface area contributed by atoms with Gasteiger partial charge in [0, 0.05) is 4.90 Å². The van der Waals surface area contributed by atoms with Crippen molar-refractivity contribution in [2.75, 3.05) is 18.2 Å². The molecule has 2 aromatic carbocycles. The number of hydrogen-bond acceptors (Lipinski definition) is 5. The molecular formula is C21H24N4O2S. The molecule has 28 heavy (non-hydrogen) atoms. The van der Waals surface area contributed by atoms with Crippen LogP contribution in [0.15, 0.2) is 53.4 Å². The quantitative estimate of drug-likeness (QED) is 0.599. The first-order valence-electron chi connectivity index (χ1n) is 8.96. The Balaban J connectivity index is 1.58. The molecule has 0 aliphatic heterocycles. The van der Waals surface area contributed by atoms with E-state index in [1.54, 1.807) is 7.11 Å². The van der Waals surface area contributed by atoms with Crippen LogP contribution in [0, 0.1) is 0 Å². The SMILES string of the molecule is COc1ccccc1-c1nc(NC(=O)CSc2ccc(C(C)(C)C)cc2)n[nH]1. The van der Waals surface area contributed by atoms with E-state index in [4.69, 9.17) is 4.74 Å². The lowest BCUT2D eigenvalue weighted by atomic mass is 9.87. The zero-order valence-electron chi connectivity index (χ0n) is 16.4. The van der Waals surface area contributed by atoms with Gasteiger partial charge < -0.3 is 4.74 Å². The summed E-state index contributed by atoms with van der Waals surface area (Å²) in [6.07, 6.45) is 0. The van der Waals surface area contributed by atoms with Gasteiger partial charge >= 0.3 is 0 Å². The van der Waals surface area contributed by atoms with Crippen LogP contribution in [0.25, 0.3) is 11.4 Å². The van der Waals surface area contributed by atoms with Gasteiger partial charge in [0.05, 0.1) is 18.4 Å². The van der Waals surface area contributed by atoms with E-state index in [1.807, 2.05) is 36.4 Å². The number of methoxy groups -OCH3 is 1. The number of carbonyl (C=O) groups is 1. The van der Waals surface area contributed by atoms with E-state index >= 15 is 0 Å². The van der Waals surface area contributed by atoms with Crippen molar-refractivity contribution < 1.29 is 9.53 Å². The minimum atomic E-state index is -0.157. The number of benzene rings is 2. The highest BCUT2D eigenvalue weighted by Crippen LogP contribution is 2.28. The van der Waals surface area contributed by atoms with Crippen LogP contribution in [0.1, 0.15) is 26.3 Å². The summed E-state index contributed by atoms with van der Waals surface area (Å²) in [6, 6.07) is 15.8. The first-order valence-corrected chi connectivity index (χ1v) is 9.94. The Labute approximate surface area is 169 Å². The maximum absolute atomic E-state index is 12.2. The molecule has 6 nitrogen and oxygen atoms in total. The second-order valence-electron chi connectivity index (χ2n) is 7.32. The molecule has 0 radical (unpaired) electrons. The van der Waals surface area contributed by atoms with Gasteiger partial charge in [-0.3, -0.25) is 15.2 Å². The molecule has 0 bridgehead atoms. The highest BCUT2D eigenvalue weighted by Gasteiger charge is 2.14. The van der Waals surface area contributed by atoms with Crippen LogP contribution < -0.4 is 10.1 Å². The van der Waals surface area contributed by atoms with Crippen molar-refractivity contribution in [3.63, 3.8) is 0 Å². The van der Waals surface area contributed by atoms with Crippen molar-refractivity contribution in [3.05, 3.63) is 54.1 Å². The van der Waals surface area contributed by atoms with Crippen LogP contribution in [0.3, 0.4) is 0 Å². The molecule has 0 saturated heterocycles. The maximum atomic E-state index is 12.2. The zero-order chi connectivity index (χ0) is 20.1. The predicted molar refractivity (Wildman–Crippen MR) is 113 cm³/mol. The fraction of sp³-hybridized carbons (Fsp3) is 0.286. The lowest BCUT2D eigenvalue weighted by molar-refractivity contribution is -0.113. The molecule has 7 heteroatoms. The molecule has 1 heterocycles. The van der Waals surface area contributed by atoms with Crippen LogP contribution in [0.5, 0.6) is 5.75 Å². The maximum Gasteiger partial charge on any atom is 0.249 e. The Kier molecular flexibility index (Phi) is 6.04. The summed E-state index contributed by atoms with van der Waals surface area (Å²) >= 11 is 1.48. The summed E-state index contributed by atoms with van der Waals surface area (Å²) in [5.74, 6) is 1.60. The monoisotopic (exact) mass is 396 g/mol. The molecule has 3 rings (SSSR count). The fourth-order valence-electron chi connectivity index (χ4n) is 2.64. The molecule has 3 aromatic rings. The van der Waals surface area contributed by atoms with Crippen molar-refractivity contribution in [1.82, 2.24) is 15.2 Å². The average Bonchev–Trinajstić information content (AvgIpc) is 3.14. The van der Waals surface area contributed by atoms with E-state index in [0.29, 0.717) is 11.6 Å². The number of nitrogens with zero attached hydrogens (tertiary/aromatic N) is 2. The minimum Gasteiger partial charge on any atom is -0.496 e. The molecular weight excluding hydrogens is 372 g/mol. The third-order valence-corrected chi connectivity index (χ3v) is 5.20. The number of H-pyrrole nitrogens is 1. The van der Waals surface area contributed by atoms with Gasteiger partial charge in [-0.25, -0.2) is 0 Å². The number of rotatable bonds is 6. The first kappa shape index (κ1) is 19.9. The third-order valence-electron chi connectivity index (χ3n) is 4.19. The normalized spacial score (nSPS) is 11.3. The molecule has 0 unspecified atom stereocenters. The van der Waals surface area contributed by atoms with Crippen molar-refractivity contribution in [1.29, 1.82) is 0 Å². The van der Waals surface area contributed by atoms with Crippen LogP contribution in [-0.4, -0.2) is 34.0 Å². The Hall–Kier alpha value is -2.80. The minimum absolute atomic E-state index is 0.116. The largest absolute Gasteiger partial charge is 0.496 e. The molecule has 0 spiro atoms. The summed E-state index contributed by atoms with van der Waals surface area (Å²) < 4.78 is 5.33. The number of hydrogen-bond donors (Lipinski definition) is 2. The number of anilines is 1. The predicted octanol–water partition coefficient (Wildman–Crippen LogP) is 4.51. The lowest BCUT2D eigenvalue weighted by Crippen LogP contribution is -2.15. The van der Waals surface area contributed by atoms with Gasteiger partial charge in [0.2, 0.25) is 11.9 Å². The fourth-order valence-corrected chi connectivity index (χ4v) is 3.34. The van der Waals surface area contributed by atoms with Gasteiger partial charge in [-0.05, 0) is 35.2 Å². The van der Waals surface area contributed by atoms with Crippen LogP contribution in [0.4, 0.5) is 5.95 Å². The molecule has 146 valence electrons. The zero-order valence-corrected chi connectivity index (χ0v) is 17.3. The van der Waals surface area contributed by atoms with Gasteiger partial charge in [0.1, 0.15) is 5.75 Å². The van der Waals surface area contributed by atoms with E-state index in [9.17, 15) is 4.79 Å². The van der Waals surface area contributed by atoms with E-state index in [-0.39, 0.29) is 23.0 Å². The van der Waals surface area contributed by atoms with E-state index in [2.05, 4.69) is 53.4 Å². The lowest BCUT2D eigenvalue weighted by Gasteiger charge is -2.19. The number of para-hydroxylation sites is 1. The molecule has 1 amide bonds. The van der Waals surface area contributed by atoms with Gasteiger partial charge in [-0.15, -0.1) is 16.9 Å². The number of carbonyl (C=O) groups excluding carboxylic acids is 1. The first-order chi connectivity index (χ1) is 13.4. The smallest absolute Gasteiger partial charge is 0.249 e. The molecule has 0 fully saturated rings. The molecule has 1 aromatic heterocycles. The Morgan fingerprint density at radius 1 is 1.14 bits per heavy atom. The summed E-state index contributed by atoms with van der Waals surface area (Å²) in [5.41, 5.74) is 2.17. The topological polar surface area (TPSA) is 79.9 Å². The van der Waals surface area contributed by atoms with Gasteiger partial charge in [-0.2, -0.15) is 4.98 Å². The van der Waals surface area contributed by atoms with Crippen LogP contribution in [-0.2, 0) is 10.2 Å². The van der Waals surface area contributed by atoms with Crippen molar-refractivity contribution in [2.24, 2.45) is 0 Å². The molecule has 0 aliphatic carbocycles. The molecule has 0 aliphatic rings. The number of nitrogens with one attached hydrogen (secondary N) is 2. The molecule has 0 saturated carbocycles. The Bertz CT molecular complexity index is 946. The number of ether oxygens (including phenoxy) is 1. The van der Waals surface area contributed by atoms with E-state index in [0.717, 1.165) is 10.5 Å². The second kappa shape index (κ2) is 8.48. The van der Waals surface area contributed by atoms with E-state index in [1.165, 1.54) is 17.3 Å². The van der Waals surface area contributed by atoms with Crippen LogP contribution >= 0.6 is 11.8 Å². The van der Waals surface area contributed by atoms with Crippen molar-refractivity contribution in [2.45, 2.75) is 31.1 Å². The highest BCUT2D eigenvalue weighted by molar-refractivity contribution is 8.00. The van der Waals surface area contributed by atoms with Crippen LogP contribution in [0.2, 0.25) is 0 Å². The second-order valence-corrected chi connectivity index (χ2v) is 8.37. The van der Waals surface area contributed by atoms with Gasteiger partial charge in [0.15, 0.2) is 5.82 Å². The Morgan fingerprint density at radius 3 is 2.54 bits per heavy atom. The number of thioether (sulfide) groups is 1. The number of amides is 1. The summed E-state index contributed by atoms with van der Waals surface area (Å²) in [7, 11) is 1.60. The Morgan fingerprint density at radius 2 is 1.86 bits per heavy atom. The van der Waals surface area contributed by atoms with Crippen molar-refractivity contribution >= 4 is 23.6 Å². The number of aromatic amines is 1.